The Morgan fingerprint density at radius 3 is 2.42 bits per heavy atom. The first-order chi connectivity index (χ1) is 9.26. The van der Waals surface area contributed by atoms with Crippen LogP contribution in [0.2, 0.25) is 0 Å². The van der Waals surface area contributed by atoms with Crippen molar-refractivity contribution >= 4 is 0 Å². The number of nitrogens with one attached hydrogen (secondary N) is 1. The molecule has 0 aliphatic heterocycles. The summed E-state index contributed by atoms with van der Waals surface area (Å²) in [5.74, 6) is 1.62. The maximum atomic E-state index is 5.66. The topological polar surface area (TPSA) is 30.5 Å². The molecule has 0 radical (unpaired) electrons. The van der Waals surface area contributed by atoms with Gasteiger partial charge in [-0.05, 0) is 44.5 Å². The largest absolute Gasteiger partial charge is 0.490 e. The summed E-state index contributed by atoms with van der Waals surface area (Å²) >= 11 is 0. The molecule has 0 saturated carbocycles. The molecule has 0 saturated heterocycles. The van der Waals surface area contributed by atoms with E-state index < -0.39 is 0 Å². The van der Waals surface area contributed by atoms with E-state index in [4.69, 9.17) is 9.47 Å². The second kappa shape index (κ2) is 8.59. The van der Waals surface area contributed by atoms with Crippen molar-refractivity contribution in [3.8, 4) is 11.5 Å². The first-order valence-electron chi connectivity index (χ1n) is 7.00. The van der Waals surface area contributed by atoms with Crippen molar-refractivity contribution in [3.05, 3.63) is 36.4 Å². The first-order valence-corrected chi connectivity index (χ1v) is 7.00. The molecule has 0 bridgehead atoms. The lowest BCUT2D eigenvalue weighted by molar-refractivity contribution is 0.287. The Labute approximate surface area is 116 Å². The Bertz CT molecular complexity index is 390. The van der Waals surface area contributed by atoms with E-state index in [-0.39, 0.29) is 6.04 Å². The van der Waals surface area contributed by atoms with E-state index in [9.17, 15) is 0 Å². The van der Waals surface area contributed by atoms with Gasteiger partial charge in [-0.1, -0.05) is 19.1 Å². The average Bonchev–Trinajstić information content (AvgIpc) is 2.41. The van der Waals surface area contributed by atoms with Crippen LogP contribution in [0.4, 0.5) is 0 Å². The number of benzene rings is 1. The SMILES string of the molecule is C=CCC(NCC)c1ccc(OCC)c(OCC)c1. The van der Waals surface area contributed by atoms with Crippen LogP contribution in [-0.2, 0) is 0 Å². The van der Waals surface area contributed by atoms with Crippen molar-refractivity contribution in [1.82, 2.24) is 5.32 Å². The molecule has 0 aliphatic carbocycles. The van der Waals surface area contributed by atoms with E-state index in [1.807, 2.05) is 26.0 Å². The fraction of sp³-hybridized carbons (Fsp3) is 0.500. The number of hydrogen-bond donors (Lipinski definition) is 1. The Morgan fingerprint density at radius 2 is 1.84 bits per heavy atom. The molecule has 1 unspecified atom stereocenters. The van der Waals surface area contributed by atoms with E-state index in [2.05, 4.69) is 31.0 Å². The van der Waals surface area contributed by atoms with E-state index >= 15 is 0 Å². The smallest absolute Gasteiger partial charge is 0.161 e. The summed E-state index contributed by atoms with van der Waals surface area (Å²) in [5, 5.41) is 3.45. The van der Waals surface area contributed by atoms with Gasteiger partial charge in [0, 0.05) is 6.04 Å². The van der Waals surface area contributed by atoms with Gasteiger partial charge in [-0.15, -0.1) is 6.58 Å². The number of rotatable bonds is 9. The fourth-order valence-electron chi connectivity index (χ4n) is 2.03. The summed E-state index contributed by atoms with van der Waals surface area (Å²) in [6.07, 6.45) is 2.83. The minimum absolute atomic E-state index is 0.275. The van der Waals surface area contributed by atoms with Gasteiger partial charge in [0.25, 0.3) is 0 Å². The lowest BCUT2D eigenvalue weighted by Gasteiger charge is -2.19. The van der Waals surface area contributed by atoms with Crippen LogP contribution in [0.3, 0.4) is 0 Å². The third-order valence-corrected chi connectivity index (χ3v) is 2.82. The van der Waals surface area contributed by atoms with Crippen LogP contribution in [0, 0.1) is 0 Å². The molecular weight excluding hydrogens is 238 g/mol. The van der Waals surface area contributed by atoms with E-state index in [1.165, 1.54) is 5.56 Å². The van der Waals surface area contributed by atoms with Crippen molar-refractivity contribution in [2.45, 2.75) is 33.2 Å². The van der Waals surface area contributed by atoms with E-state index in [1.54, 1.807) is 0 Å². The molecule has 0 heterocycles. The summed E-state index contributed by atoms with van der Waals surface area (Å²) in [4.78, 5) is 0. The molecule has 106 valence electrons. The minimum atomic E-state index is 0.275. The summed E-state index contributed by atoms with van der Waals surface area (Å²) in [6.45, 7) is 12.1. The van der Waals surface area contributed by atoms with Crippen LogP contribution < -0.4 is 14.8 Å². The molecule has 1 rings (SSSR count). The molecule has 3 nitrogen and oxygen atoms in total. The molecular formula is C16H25NO2. The van der Waals surface area contributed by atoms with Crippen LogP contribution in [0.1, 0.15) is 38.8 Å². The highest BCUT2D eigenvalue weighted by molar-refractivity contribution is 5.44. The molecule has 1 atom stereocenters. The molecule has 0 fully saturated rings. The molecule has 1 aromatic rings. The van der Waals surface area contributed by atoms with Gasteiger partial charge in [-0.2, -0.15) is 0 Å². The van der Waals surface area contributed by atoms with Crippen LogP contribution in [0.25, 0.3) is 0 Å². The Hall–Kier alpha value is -1.48. The molecule has 1 aromatic carbocycles. The highest BCUT2D eigenvalue weighted by atomic mass is 16.5. The highest BCUT2D eigenvalue weighted by Crippen LogP contribution is 2.31. The zero-order valence-electron chi connectivity index (χ0n) is 12.2. The normalized spacial score (nSPS) is 11.9. The summed E-state index contributed by atoms with van der Waals surface area (Å²) < 4.78 is 11.2. The van der Waals surface area contributed by atoms with Crippen LogP contribution in [0.15, 0.2) is 30.9 Å². The van der Waals surface area contributed by atoms with Crippen LogP contribution in [0.5, 0.6) is 11.5 Å². The average molecular weight is 263 g/mol. The molecule has 0 aliphatic rings. The quantitative estimate of drug-likeness (QED) is 0.689. The van der Waals surface area contributed by atoms with Gasteiger partial charge >= 0.3 is 0 Å². The zero-order chi connectivity index (χ0) is 14.1. The highest BCUT2D eigenvalue weighted by Gasteiger charge is 2.12. The third kappa shape index (κ3) is 4.60. The van der Waals surface area contributed by atoms with Gasteiger partial charge in [-0.3, -0.25) is 0 Å². The maximum absolute atomic E-state index is 5.66. The van der Waals surface area contributed by atoms with Crippen molar-refractivity contribution in [2.75, 3.05) is 19.8 Å². The fourth-order valence-corrected chi connectivity index (χ4v) is 2.03. The Morgan fingerprint density at radius 1 is 1.16 bits per heavy atom. The predicted molar refractivity (Wildman–Crippen MR) is 80.0 cm³/mol. The first kappa shape index (κ1) is 15.6. The number of hydrogen-bond acceptors (Lipinski definition) is 3. The van der Waals surface area contributed by atoms with Gasteiger partial charge in [0.1, 0.15) is 0 Å². The van der Waals surface area contributed by atoms with Crippen LogP contribution >= 0.6 is 0 Å². The molecule has 0 spiro atoms. The Kier molecular flexibility index (Phi) is 7.04. The molecule has 19 heavy (non-hydrogen) atoms. The Balaban J connectivity index is 2.99. The standard InChI is InChI=1S/C16H25NO2/c1-5-9-14(17-6-2)13-10-11-15(18-7-3)16(12-13)19-8-4/h5,10-12,14,17H,1,6-9H2,2-4H3. The summed E-state index contributed by atoms with van der Waals surface area (Å²) in [7, 11) is 0. The van der Waals surface area contributed by atoms with Gasteiger partial charge in [-0.25, -0.2) is 0 Å². The predicted octanol–water partition coefficient (Wildman–Crippen LogP) is 3.71. The van der Waals surface area contributed by atoms with Crippen molar-refractivity contribution in [1.29, 1.82) is 0 Å². The summed E-state index contributed by atoms with van der Waals surface area (Å²) in [5.41, 5.74) is 1.20. The van der Waals surface area contributed by atoms with Crippen molar-refractivity contribution in [2.24, 2.45) is 0 Å². The molecule has 0 aromatic heterocycles. The van der Waals surface area contributed by atoms with Gasteiger partial charge in [0.15, 0.2) is 11.5 Å². The molecule has 0 amide bonds. The second-order valence-corrected chi connectivity index (χ2v) is 4.21. The minimum Gasteiger partial charge on any atom is -0.490 e. The van der Waals surface area contributed by atoms with Gasteiger partial charge in [0.05, 0.1) is 13.2 Å². The lowest BCUT2D eigenvalue weighted by Crippen LogP contribution is -2.20. The summed E-state index contributed by atoms with van der Waals surface area (Å²) in [6, 6.07) is 6.41. The van der Waals surface area contributed by atoms with Crippen molar-refractivity contribution in [3.63, 3.8) is 0 Å². The number of ether oxygens (including phenoxy) is 2. The van der Waals surface area contributed by atoms with Crippen molar-refractivity contribution < 1.29 is 9.47 Å². The van der Waals surface area contributed by atoms with Gasteiger partial charge in [0.2, 0.25) is 0 Å². The molecule has 1 N–H and O–H groups in total. The van der Waals surface area contributed by atoms with E-state index in [0.29, 0.717) is 13.2 Å². The van der Waals surface area contributed by atoms with E-state index in [0.717, 1.165) is 24.5 Å². The van der Waals surface area contributed by atoms with Gasteiger partial charge < -0.3 is 14.8 Å². The van der Waals surface area contributed by atoms with Crippen LogP contribution in [-0.4, -0.2) is 19.8 Å². The second-order valence-electron chi connectivity index (χ2n) is 4.21. The molecule has 3 heteroatoms. The lowest BCUT2D eigenvalue weighted by atomic mass is 10.0. The third-order valence-electron chi connectivity index (χ3n) is 2.82. The maximum Gasteiger partial charge on any atom is 0.161 e. The zero-order valence-corrected chi connectivity index (χ0v) is 12.2. The monoisotopic (exact) mass is 263 g/mol.